The molecule has 4 rings (SSSR count). The number of benzene rings is 2. The molecule has 1 amide bonds. The van der Waals surface area contributed by atoms with E-state index in [0.29, 0.717) is 10.7 Å². The van der Waals surface area contributed by atoms with Crippen LogP contribution >= 0.6 is 22.9 Å². The Balaban J connectivity index is 1.55. The van der Waals surface area contributed by atoms with Gasteiger partial charge in [0.05, 0.1) is 22.8 Å². The van der Waals surface area contributed by atoms with E-state index in [1.54, 1.807) is 18.2 Å². The number of nitrogens with one attached hydrogen (secondary N) is 1. The van der Waals surface area contributed by atoms with Crippen molar-refractivity contribution in [3.05, 3.63) is 76.1 Å². The van der Waals surface area contributed by atoms with Gasteiger partial charge in [-0.25, -0.2) is 9.37 Å². The number of hydrogen-bond donors (Lipinski definition) is 1. The Bertz CT molecular complexity index is 1130. The molecule has 0 radical (unpaired) electrons. The highest BCUT2D eigenvalue weighted by atomic mass is 35.5. The molecule has 1 N–H and O–H groups in total. The number of aryl methyl sites for hydroxylation is 1. The number of imidazole rings is 1. The van der Waals surface area contributed by atoms with E-state index in [1.165, 1.54) is 23.5 Å². The van der Waals surface area contributed by atoms with E-state index in [-0.39, 0.29) is 18.1 Å². The first-order chi connectivity index (χ1) is 13.0. The molecule has 4 aromatic rings. The summed E-state index contributed by atoms with van der Waals surface area (Å²) in [6, 6.07) is 11.7. The van der Waals surface area contributed by atoms with Crippen molar-refractivity contribution >= 4 is 39.5 Å². The number of halogens is 2. The fraction of sp³-hybridized carbons (Fsp3) is 0.100. The summed E-state index contributed by atoms with van der Waals surface area (Å²) in [7, 11) is 0. The topological polar surface area (TPSA) is 46.4 Å². The summed E-state index contributed by atoms with van der Waals surface area (Å²) in [5.74, 6) is -0.440. The second-order valence-electron chi connectivity index (χ2n) is 6.22. The van der Waals surface area contributed by atoms with Crippen LogP contribution in [0.3, 0.4) is 0 Å². The van der Waals surface area contributed by atoms with Crippen LogP contribution in [0.5, 0.6) is 0 Å². The van der Waals surface area contributed by atoms with E-state index < -0.39 is 0 Å². The largest absolute Gasteiger partial charge is 0.324 e. The summed E-state index contributed by atoms with van der Waals surface area (Å²) >= 11 is 7.64. The van der Waals surface area contributed by atoms with Gasteiger partial charge in [0, 0.05) is 22.8 Å². The zero-order valence-electron chi connectivity index (χ0n) is 14.4. The minimum atomic E-state index is -0.285. The van der Waals surface area contributed by atoms with Gasteiger partial charge >= 0.3 is 0 Å². The lowest BCUT2D eigenvalue weighted by Gasteiger charge is -2.07. The highest BCUT2D eigenvalue weighted by molar-refractivity contribution is 7.15. The van der Waals surface area contributed by atoms with Gasteiger partial charge in [-0.2, -0.15) is 0 Å². The van der Waals surface area contributed by atoms with Gasteiger partial charge in [0.25, 0.3) is 0 Å². The predicted octanol–water partition coefficient (Wildman–Crippen LogP) is 5.34. The average Bonchev–Trinajstić information content (AvgIpc) is 3.20. The Kier molecular flexibility index (Phi) is 4.68. The zero-order valence-corrected chi connectivity index (χ0v) is 15.9. The molecule has 27 heavy (non-hydrogen) atoms. The summed E-state index contributed by atoms with van der Waals surface area (Å²) in [4.78, 5) is 17.8. The number of rotatable bonds is 4. The number of thiazole rings is 1. The molecule has 0 aliphatic heterocycles. The van der Waals surface area contributed by atoms with Gasteiger partial charge in [-0.1, -0.05) is 17.7 Å². The maximum atomic E-state index is 13.1. The van der Waals surface area contributed by atoms with Crippen LogP contribution < -0.4 is 5.32 Å². The van der Waals surface area contributed by atoms with Gasteiger partial charge in [-0.15, -0.1) is 11.3 Å². The minimum absolute atomic E-state index is 0.155. The molecule has 2 heterocycles. The van der Waals surface area contributed by atoms with Crippen molar-refractivity contribution in [3.8, 4) is 11.3 Å². The highest BCUT2D eigenvalue weighted by Crippen LogP contribution is 2.25. The summed E-state index contributed by atoms with van der Waals surface area (Å²) in [5.41, 5.74) is 4.02. The molecule has 0 unspecified atom stereocenters. The summed E-state index contributed by atoms with van der Waals surface area (Å²) < 4.78 is 15.0. The minimum Gasteiger partial charge on any atom is -0.324 e. The molecular formula is C20H15ClFN3OS. The van der Waals surface area contributed by atoms with Gasteiger partial charge in [-0.05, 0) is 48.9 Å². The lowest BCUT2D eigenvalue weighted by molar-refractivity contribution is -0.115. The Morgan fingerprint density at radius 3 is 2.78 bits per heavy atom. The molecule has 2 aromatic carbocycles. The molecule has 0 bridgehead atoms. The van der Waals surface area contributed by atoms with E-state index in [2.05, 4.69) is 10.3 Å². The van der Waals surface area contributed by atoms with Crippen LogP contribution in [0.25, 0.3) is 16.2 Å². The molecule has 7 heteroatoms. The standard InChI is InChI=1S/C20H15ClFN3OS/c1-12-2-7-17(16(21)8-12)23-19(26)9-15-11-27-20-24-18(10-25(15)20)13-3-5-14(22)6-4-13/h2-8,10-11H,9H2,1H3,(H,23,26). The number of nitrogens with zero attached hydrogens (tertiary/aromatic N) is 2. The fourth-order valence-electron chi connectivity index (χ4n) is 2.80. The van der Waals surface area contributed by atoms with Gasteiger partial charge in [-0.3, -0.25) is 9.20 Å². The van der Waals surface area contributed by atoms with Crippen LogP contribution in [0.15, 0.2) is 54.0 Å². The van der Waals surface area contributed by atoms with Gasteiger partial charge in [0.1, 0.15) is 5.82 Å². The van der Waals surface area contributed by atoms with E-state index >= 15 is 0 Å². The smallest absolute Gasteiger partial charge is 0.230 e. The molecule has 0 aliphatic rings. The van der Waals surface area contributed by atoms with E-state index in [1.807, 2.05) is 35.0 Å². The van der Waals surface area contributed by atoms with E-state index in [4.69, 9.17) is 11.6 Å². The highest BCUT2D eigenvalue weighted by Gasteiger charge is 2.13. The second kappa shape index (κ2) is 7.13. The molecule has 0 atom stereocenters. The molecule has 136 valence electrons. The van der Waals surface area contributed by atoms with Gasteiger partial charge in [0.2, 0.25) is 5.91 Å². The van der Waals surface area contributed by atoms with Crippen LogP contribution in [0, 0.1) is 12.7 Å². The van der Waals surface area contributed by atoms with E-state index in [9.17, 15) is 9.18 Å². The second-order valence-corrected chi connectivity index (χ2v) is 7.46. The van der Waals surface area contributed by atoms with Crippen LogP contribution in [-0.2, 0) is 11.2 Å². The van der Waals surface area contributed by atoms with Crippen molar-refractivity contribution < 1.29 is 9.18 Å². The third kappa shape index (κ3) is 3.72. The molecule has 4 nitrogen and oxygen atoms in total. The zero-order chi connectivity index (χ0) is 19.0. The van der Waals surface area contributed by atoms with Crippen molar-refractivity contribution in [2.24, 2.45) is 0 Å². The average molecular weight is 400 g/mol. The number of carbonyl (C=O) groups is 1. The first-order valence-corrected chi connectivity index (χ1v) is 9.53. The first kappa shape index (κ1) is 17.7. The Hall–Kier alpha value is -2.70. The Morgan fingerprint density at radius 1 is 1.26 bits per heavy atom. The molecular weight excluding hydrogens is 385 g/mol. The van der Waals surface area contributed by atoms with Gasteiger partial charge < -0.3 is 5.32 Å². The van der Waals surface area contributed by atoms with E-state index in [0.717, 1.165) is 27.5 Å². The third-order valence-electron chi connectivity index (χ3n) is 4.16. The summed E-state index contributed by atoms with van der Waals surface area (Å²) in [6.07, 6.45) is 2.06. The molecule has 0 saturated heterocycles. The van der Waals surface area contributed by atoms with Crippen molar-refractivity contribution in [1.29, 1.82) is 0 Å². The lowest BCUT2D eigenvalue weighted by Crippen LogP contribution is -2.15. The molecule has 2 aromatic heterocycles. The predicted molar refractivity (Wildman–Crippen MR) is 107 cm³/mol. The van der Waals surface area contributed by atoms with Crippen molar-refractivity contribution in [3.63, 3.8) is 0 Å². The number of aromatic nitrogens is 2. The number of anilines is 1. The normalized spacial score (nSPS) is 11.1. The summed E-state index contributed by atoms with van der Waals surface area (Å²) in [6.45, 7) is 1.94. The Morgan fingerprint density at radius 2 is 2.04 bits per heavy atom. The maximum Gasteiger partial charge on any atom is 0.230 e. The number of carbonyl (C=O) groups excluding carboxylic acids is 1. The lowest BCUT2D eigenvalue weighted by atomic mass is 10.2. The SMILES string of the molecule is Cc1ccc(NC(=O)Cc2csc3nc(-c4ccc(F)cc4)cn23)c(Cl)c1. The van der Waals surface area contributed by atoms with Crippen molar-refractivity contribution in [1.82, 2.24) is 9.38 Å². The molecule has 0 saturated carbocycles. The fourth-order valence-corrected chi connectivity index (χ4v) is 3.95. The third-order valence-corrected chi connectivity index (χ3v) is 5.37. The van der Waals surface area contributed by atoms with Crippen LogP contribution in [0.1, 0.15) is 11.3 Å². The molecule has 0 fully saturated rings. The molecule has 0 aliphatic carbocycles. The Labute approximate surface area is 164 Å². The van der Waals surface area contributed by atoms with Crippen LogP contribution in [0.2, 0.25) is 5.02 Å². The van der Waals surface area contributed by atoms with Crippen molar-refractivity contribution in [2.75, 3.05) is 5.32 Å². The number of fused-ring (bicyclic) bond motifs is 1. The van der Waals surface area contributed by atoms with Crippen LogP contribution in [-0.4, -0.2) is 15.3 Å². The summed E-state index contributed by atoms with van der Waals surface area (Å²) in [5, 5.41) is 5.27. The quantitative estimate of drug-likeness (QED) is 0.503. The van der Waals surface area contributed by atoms with Crippen molar-refractivity contribution in [2.45, 2.75) is 13.3 Å². The monoisotopic (exact) mass is 399 g/mol. The molecule has 0 spiro atoms. The maximum absolute atomic E-state index is 13.1. The van der Waals surface area contributed by atoms with Gasteiger partial charge in [0.15, 0.2) is 4.96 Å². The van der Waals surface area contributed by atoms with Crippen LogP contribution in [0.4, 0.5) is 10.1 Å². The first-order valence-electron chi connectivity index (χ1n) is 8.27. The number of amides is 1. The number of hydrogen-bond acceptors (Lipinski definition) is 3.